The first-order chi connectivity index (χ1) is 7.13. The largest absolute Gasteiger partial charge is 0.494 e. The Morgan fingerprint density at radius 1 is 1.38 bits per heavy atom. The fourth-order valence-electron chi connectivity index (χ4n) is 1.55. The summed E-state index contributed by atoms with van der Waals surface area (Å²) in [4.78, 5) is 0. The molecule has 0 radical (unpaired) electrons. The lowest BCUT2D eigenvalue weighted by molar-refractivity contribution is 0.317. The van der Waals surface area contributed by atoms with E-state index in [1.54, 1.807) is 0 Å². The predicted octanol–water partition coefficient (Wildman–Crippen LogP) is 3.10. The van der Waals surface area contributed by atoms with Gasteiger partial charge in [-0.2, -0.15) is 0 Å². The second-order valence-corrected chi connectivity index (χ2v) is 4.12. The van der Waals surface area contributed by atoms with Crippen LogP contribution in [0.3, 0.4) is 0 Å². The maximum Gasteiger partial charge on any atom is 0.119 e. The molecule has 0 fully saturated rings. The number of hydrogen-bond donors (Lipinski definition) is 1. The lowest BCUT2D eigenvalue weighted by atomic mass is 10.0. The van der Waals surface area contributed by atoms with Gasteiger partial charge in [0.25, 0.3) is 0 Å². The molecule has 16 heavy (non-hydrogen) atoms. The van der Waals surface area contributed by atoms with Crippen molar-refractivity contribution in [3.05, 3.63) is 29.3 Å². The molecule has 1 atom stereocenters. The maximum atomic E-state index is 5.78. The second-order valence-electron chi connectivity index (χ2n) is 4.12. The Hall–Kier alpha value is -0.730. The molecule has 92 valence electrons. The lowest BCUT2D eigenvalue weighted by Gasteiger charge is -2.11. The first-order valence-corrected chi connectivity index (χ1v) is 5.61. The van der Waals surface area contributed by atoms with Gasteiger partial charge in [-0.3, -0.25) is 0 Å². The highest BCUT2D eigenvalue weighted by Crippen LogP contribution is 2.18. The minimum atomic E-state index is 0. The molecule has 0 saturated heterocycles. The van der Waals surface area contributed by atoms with Crippen molar-refractivity contribution in [2.24, 2.45) is 5.73 Å². The van der Waals surface area contributed by atoms with Gasteiger partial charge in [0.2, 0.25) is 0 Å². The first kappa shape index (κ1) is 15.3. The van der Waals surface area contributed by atoms with Gasteiger partial charge >= 0.3 is 0 Å². The van der Waals surface area contributed by atoms with Gasteiger partial charge in [0, 0.05) is 6.04 Å². The van der Waals surface area contributed by atoms with Crippen LogP contribution in [0.4, 0.5) is 0 Å². The summed E-state index contributed by atoms with van der Waals surface area (Å²) in [6.07, 6.45) is 1.97. The number of benzene rings is 1. The zero-order valence-corrected chi connectivity index (χ0v) is 11.1. The van der Waals surface area contributed by atoms with E-state index in [9.17, 15) is 0 Å². The van der Waals surface area contributed by atoms with E-state index in [1.807, 2.05) is 13.0 Å². The lowest BCUT2D eigenvalue weighted by Crippen LogP contribution is -2.18. The van der Waals surface area contributed by atoms with Gasteiger partial charge in [0.05, 0.1) is 6.61 Å². The van der Waals surface area contributed by atoms with Crippen LogP contribution in [0.1, 0.15) is 31.4 Å². The van der Waals surface area contributed by atoms with Gasteiger partial charge in [-0.15, -0.1) is 12.4 Å². The van der Waals surface area contributed by atoms with Crippen molar-refractivity contribution in [3.63, 3.8) is 0 Å². The van der Waals surface area contributed by atoms with Crippen molar-refractivity contribution in [2.45, 2.75) is 39.7 Å². The standard InChI is InChI=1S/C13H21NO.ClH/c1-4-7-15-13-6-5-12(9-11(3)14)10(2)8-13;/h5-6,8,11H,4,7,9,14H2,1-3H3;1H. The monoisotopic (exact) mass is 243 g/mol. The molecule has 0 heterocycles. The Labute approximate surface area is 105 Å². The van der Waals surface area contributed by atoms with Crippen LogP contribution in [0, 0.1) is 6.92 Å². The van der Waals surface area contributed by atoms with Crippen molar-refractivity contribution >= 4 is 12.4 Å². The van der Waals surface area contributed by atoms with Crippen LogP contribution in [0.2, 0.25) is 0 Å². The van der Waals surface area contributed by atoms with Gasteiger partial charge in [-0.05, 0) is 49.9 Å². The molecule has 0 aliphatic heterocycles. The summed E-state index contributed by atoms with van der Waals surface area (Å²) in [7, 11) is 0. The molecule has 0 bridgehead atoms. The topological polar surface area (TPSA) is 35.2 Å². The highest BCUT2D eigenvalue weighted by atomic mass is 35.5. The van der Waals surface area contributed by atoms with Crippen LogP contribution in [0.5, 0.6) is 5.75 Å². The van der Waals surface area contributed by atoms with Crippen molar-refractivity contribution in [3.8, 4) is 5.75 Å². The first-order valence-electron chi connectivity index (χ1n) is 5.61. The molecule has 2 nitrogen and oxygen atoms in total. The number of halogens is 1. The van der Waals surface area contributed by atoms with Gasteiger partial charge in [0.1, 0.15) is 5.75 Å². The van der Waals surface area contributed by atoms with Crippen LogP contribution >= 0.6 is 12.4 Å². The van der Waals surface area contributed by atoms with Crippen molar-refractivity contribution in [1.29, 1.82) is 0 Å². The minimum Gasteiger partial charge on any atom is -0.494 e. The zero-order valence-electron chi connectivity index (χ0n) is 10.3. The summed E-state index contributed by atoms with van der Waals surface area (Å²) in [5.74, 6) is 0.961. The molecule has 0 spiro atoms. The van der Waals surface area contributed by atoms with Crippen molar-refractivity contribution in [1.82, 2.24) is 0 Å². The third kappa shape index (κ3) is 4.86. The van der Waals surface area contributed by atoms with Gasteiger partial charge in [-0.1, -0.05) is 13.0 Å². The van der Waals surface area contributed by atoms with Crippen LogP contribution in [-0.2, 0) is 6.42 Å². The fraction of sp³-hybridized carbons (Fsp3) is 0.538. The van der Waals surface area contributed by atoms with Crippen LogP contribution in [-0.4, -0.2) is 12.6 Å². The Kier molecular flexibility index (Phi) is 7.18. The molecule has 1 unspecified atom stereocenters. The highest BCUT2D eigenvalue weighted by Gasteiger charge is 2.03. The predicted molar refractivity (Wildman–Crippen MR) is 71.6 cm³/mol. The number of hydrogen-bond acceptors (Lipinski definition) is 2. The number of nitrogens with two attached hydrogens (primary N) is 1. The molecule has 2 N–H and O–H groups in total. The second kappa shape index (κ2) is 7.53. The van der Waals surface area contributed by atoms with E-state index in [0.29, 0.717) is 0 Å². The molecule has 3 heteroatoms. The molecule has 1 rings (SSSR count). The molecule has 0 aliphatic carbocycles. The van der Waals surface area contributed by atoms with E-state index in [1.165, 1.54) is 11.1 Å². The summed E-state index contributed by atoms with van der Waals surface area (Å²) >= 11 is 0. The van der Waals surface area contributed by atoms with Gasteiger partial charge < -0.3 is 10.5 Å². The maximum absolute atomic E-state index is 5.78. The van der Waals surface area contributed by atoms with E-state index in [2.05, 4.69) is 26.0 Å². The number of rotatable bonds is 5. The fourth-order valence-corrected chi connectivity index (χ4v) is 1.55. The number of aryl methyl sites for hydroxylation is 1. The van der Waals surface area contributed by atoms with E-state index in [-0.39, 0.29) is 18.4 Å². The van der Waals surface area contributed by atoms with Crippen LogP contribution < -0.4 is 10.5 Å². The molecule has 0 amide bonds. The Bertz CT molecular complexity index is 313. The minimum absolute atomic E-state index is 0. The van der Waals surface area contributed by atoms with Gasteiger partial charge in [0.15, 0.2) is 0 Å². The van der Waals surface area contributed by atoms with E-state index in [4.69, 9.17) is 10.5 Å². The molecular weight excluding hydrogens is 222 g/mol. The average Bonchev–Trinajstić information content (AvgIpc) is 2.18. The van der Waals surface area contributed by atoms with E-state index >= 15 is 0 Å². The molecule has 1 aromatic rings. The quantitative estimate of drug-likeness (QED) is 0.863. The average molecular weight is 244 g/mol. The normalized spacial score (nSPS) is 11.8. The summed E-state index contributed by atoms with van der Waals surface area (Å²) < 4.78 is 5.56. The zero-order chi connectivity index (χ0) is 11.3. The number of ether oxygens (including phenoxy) is 1. The van der Waals surface area contributed by atoms with E-state index < -0.39 is 0 Å². The molecule has 1 aromatic carbocycles. The molecular formula is C13H22ClNO. The molecule has 0 saturated carbocycles. The summed E-state index contributed by atoms with van der Waals surface area (Å²) in [5.41, 5.74) is 8.36. The van der Waals surface area contributed by atoms with Gasteiger partial charge in [-0.25, -0.2) is 0 Å². The van der Waals surface area contributed by atoms with Crippen LogP contribution in [0.15, 0.2) is 18.2 Å². The van der Waals surface area contributed by atoms with Crippen LogP contribution in [0.25, 0.3) is 0 Å². The molecule has 0 aliphatic rings. The van der Waals surface area contributed by atoms with E-state index in [0.717, 1.165) is 25.2 Å². The third-order valence-electron chi connectivity index (χ3n) is 2.33. The summed E-state index contributed by atoms with van der Waals surface area (Å²) in [6, 6.07) is 6.45. The smallest absolute Gasteiger partial charge is 0.119 e. The van der Waals surface area contributed by atoms with Crippen molar-refractivity contribution < 1.29 is 4.74 Å². The Morgan fingerprint density at radius 2 is 2.06 bits per heavy atom. The third-order valence-corrected chi connectivity index (χ3v) is 2.33. The highest BCUT2D eigenvalue weighted by molar-refractivity contribution is 5.85. The van der Waals surface area contributed by atoms with Crippen molar-refractivity contribution in [2.75, 3.05) is 6.61 Å². The Balaban J connectivity index is 0.00000225. The Morgan fingerprint density at radius 3 is 2.56 bits per heavy atom. The SMILES string of the molecule is CCCOc1ccc(CC(C)N)c(C)c1.Cl. The summed E-state index contributed by atoms with van der Waals surface area (Å²) in [6.45, 7) is 7.03. The summed E-state index contributed by atoms with van der Waals surface area (Å²) in [5, 5.41) is 0. The molecule has 0 aromatic heterocycles.